The fourth-order valence-electron chi connectivity index (χ4n) is 2.38. The van der Waals surface area contributed by atoms with Gasteiger partial charge in [-0.2, -0.15) is 0 Å². The summed E-state index contributed by atoms with van der Waals surface area (Å²) in [6.45, 7) is 0.757. The van der Waals surface area contributed by atoms with Gasteiger partial charge < -0.3 is 9.84 Å². The van der Waals surface area contributed by atoms with E-state index in [4.69, 9.17) is 4.52 Å². The van der Waals surface area contributed by atoms with Crippen LogP contribution in [0, 0.1) is 0 Å². The van der Waals surface area contributed by atoms with E-state index in [1.54, 1.807) is 6.26 Å². The Bertz CT molecular complexity index is 510. The molecule has 3 nitrogen and oxygen atoms in total. The summed E-state index contributed by atoms with van der Waals surface area (Å²) in [4.78, 5) is 0. The molecule has 0 fully saturated rings. The van der Waals surface area contributed by atoms with Crippen LogP contribution < -0.4 is 5.32 Å². The van der Waals surface area contributed by atoms with Gasteiger partial charge in [0.25, 0.3) is 0 Å². The third-order valence-corrected chi connectivity index (χ3v) is 3.98. The van der Waals surface area contributed by atoms with E-state index >= 15 is 0 Å². The number of hydrogen-bond acceptors (Lipinski definition) is 3. The van der Waals surface area contributed by atoms with Crippen LogP contribution in [-0.4, -0.2) is 5.16 Å². The minimum absolute atomic E-state index is 0.430. The highest BCUT2D eigenvalue weighted by Crippen LogP contribution is 2.35. The number of hydrogen-bond donors (Lipinski definition) is 1. The highest BCUT2D eigenvalue weighted by atomic mass is 79.9. The van der Waals surface area contributed by atoms with Crippen LogP contribution in [0.1, 0.15) is 29.3 Å². The van der Waals surface area contributed by atoms with Gasteiger partial charge in [-0.15, -0.1) is 0 Å². The maximum atomic E-state index is 4.82. The Morgan fingerprint density at radius 2 is 2.35 bits per heavy atom. The van der Waals surface area contributed by atoms with Crippen molar-refractivity contribution in [2.75, 3.05) is 0 Å². The molecule has 0 spiro atoms. The minimum atomic E-state index is 0.430. The van der Waals surface area contributed by atoms with Crippen molar-refractivity contribution in [1.82, 2.24) is 10.5 Å². The topological polar surface area (TPSA) is 38.1 Å². The van der Waals surface area contributed by atoms with Gasteiger partial charge in [0.05, 0.1) is 5.69 Å². The van der Waals surface area contributed by atoms with Gasteiger partial charge in [-0.1, -0.05) is 33.2 Å². The van der Waals surface area contributed by atoms with Crippen molar-refractivity contribution >= 4 is 15.9 Å². The van der Waals surface area contributed by atoms with E-state index < -0.39 is 0 Å². The Kier molecular flexibility index (Phi) is 2.99. The first kappa shape index (κ1) is 11.0. The molecule has 4 heteroatoms. The average molecular weight is 293 g/mol. The van der Waals surface area contributed by atoms with Gasteiger partial charge in [-0.25, -0.2) is 0 Å². The van der Waals surface area contributed by atoms with Crippen LogP contribution in [0.15, 0.2) is 39.5 Å². The second-order valence-electron chi connectivity index (χ2n) is 4.27. The third-order valence-electron chi connectivity index (χ3n) is 3.23. The lowest BCUT2D eigenvalue weighted by Crippen LogP contribution is -2.18. The zero-order valence-corrected chi connectivity index (χ0v) is 10.9. The molecule has 1 aromatic carbocycles. The van der Waals surface area contributed by atoms with Crippen molar-refractivity contribution in [2.24, 2.45) is 0 Å². The fraction of sp³-hybridized carbons (Fsp3) is 0.308. The van der Waals surface area contributed by atoms with E-state index in [1.165, 1.54) is 15.6 Å². The molecule has 1 aromatic heterocycles. The summed E-state index contributed by atoms with van der Waals surface area (Å²) in [5.41, 5.74) is 3.79. The molecule has 0 amide bonds. The van der Waals surface area contributed by atoms with Gasteiger partial charge in [-0.3, -0.25) is 0 Å². The summed E-state index contributed by atoms with van der Waals surface area (Å²) in [5.74, 6) is 0. The van der Waals surface area contributed by atoms with Crippen LogP contribution in [0.25, 0.3) is 0 Å². The summed E-state index contributed by atoms with van der Waals surface area (Å²) in [5, 5.41) is 7.43. The predicted octanol–water partition coefficient (Wildman–Crippen LogP) is 3.21. The predicted molar refractivity (Wildman–Crippen MR) is 68.5 cm³/mol. The van der Waals surface area contributed by atoms with E-state index in [-0.39, 0.29) is 0 Å². The Balaban J connectivity index is 1.73. The third kappa shape index (κ3) is 2.15. The van der Waals surface area contributed by atoms with Crippen LogP contribution in [-0.2, 0) is 13.0 Å². The molecular formula is C13H13BrN2O. The monoisotopic (exact) mass is 292 g/mol. The van der Waals surface area contributed by atoms with Gasteiger partial charge in [0.2, 0.25) is 0 Å². The van der Waals surface area contributed by atoms with Crippen LogP contribution >= 0.6 is 15.9 Å². The zero-order chi connectivity index (χ0) is 11.7. The molecule has 1 aliphatic carbocycles. The summed E-state index contributed by atoms with van der Waals surface area (Å²) in [7, 11) is 0. The van der Waals surface area contributed by atoms with E-state index in [9.17, 15) is 0 Å². The number of nitrogens with one attached hydrogen (secondary N) is 1. The van der Waals surface area contributed by atoms with Crippen molar-refractivity contribution in [3.8, 4) is 0 Å². The number of nitrogens with zero attached hydrogens (tertiary/aromatic N) is 1. The molecule has 0 saturated heterocycles. The number of benzene rings is 1. The maximum absolute atomic E-state index is 4.82. The Hall–Kier alpha value is -1.13. The molecule has 0 aliphatic heterocycles. The lowest BCUT2D eigenvalue weighted by molar-refractivity contribution is 0.404. The van der Waals surface area contributed by atoms with Crippen molar-refractivity contribution in [3.05, 3.63) is 51.8 Å². The van der Waals surface area contributed by atoms with Crippen molar-refractivity contribution in [1.29, 1.82) is 0 Å². The molecule has 88 valence electrons. The van der Waals surface area contributed by atoms with E-state index in [2.05, 4.69) is 44.6 Å². The van der Waals surface area contributed by atoms with Crippen LogP contribution in [0.5, 0.6) is 0 Å². The van der Waals surface area contributed by atoms with E-state index in [0.717, 1.165) is 25.1 Å². The molecule has 1 heterocycles. The average Bonchev–Trinajstić information content (AvgIpc) is 2.95. The summed E-state index contributed by atoms with van der Waals surface area (Å²) in [6.07, 6.45) is 3.89. The van der Waals surface area contributed by atoms with Crippen molar-refractivity contribution in [3.63, 3.8) is 0 Å². The lowest BCUT2D eigenvalue weighted by atomic mass is 10.1. The molecule has 1 N–H and O–H groups in total. The maximum Gasteiger partial charge on any atom is 0.124 e. The minimum Gasteiger partial charge on any atom is -0.364 e. The van der Waals surface area contributed by atoms with Gasteiger partial charge in [-0.05, 0) is 30.0 Å². The quantitative estimate of drug-likeness (QED) is 0.944. The first-order chi connectivity index (χ1) is 8.34. The normalized spacial score (nSPS) is 18.3. The van der Waals surface area contributed by atoms with Crippen molar-refractivity contribution < 1.29 is 4.52 Å². The summed E-state index contributed by atoms with van der Waals surface area (Å²) >= 11 is 3.61. The number of fused-ring (bicyclic) bond motifs is 1. The van der Waals surface area contributed by atoms with Crippen LogP contribution in [0.3, 0.4) is 0 Å². The molecule has 0 saturated carbocycles. The Morgan fingerprint density at radius 1 is 1.41 bits per heavy atom. The summed E-state index contributed by atoms with van der Waals surface area (Å²) < 4.78 is 6.04. The molecule has 3 rings (SSSR count). The number of aromatic nitrogens is 1. The highest BCUT2D eigenvalue weighted by molar-refractivity contribution is 9.10. The number of rotatable bonds is 3. The van der Waals surface area contributed by atoms with E-state index in [0.29, 0.717) is 6.04 Å². The largest absolute Gasteiger partial charge is 0.364 e. The highest BCUT2D eigenvalue weighted by Gasteiger charge is 2.23. The summed E-state index contributed by atoms with van der Waals surface area (Å²) in [6, 6.07) is 8.73. The standard InChI is InChI=1S/C13H13BrN2O/c14-12-3-1-2-11-10(12)4-5-13(11)15-8-9-6-7-17-16-9/h1-3,6-7,13,15H,4-5,8H2. The van der Waals surface area contributed by atoms with Crippen molar-refractivity contribution in [2.45, 2.75) is 25.4 Å². The van der Waals surface area contributed by atoms with Gasteiger partial charge in [0.15, 0.2) is 0 Å². The first-order valence-corrected chi connectivity index (χ1v) is 6.54. The second kappa shape index (κ2) is 4.63. The molecular weight excluding hydrogens is 280 g/mol. The fourth-order valence-corrected chi connectivity index (χ4v) is 2.96. The van der Waals surface area contributed by atoms with Gasteiger partial charge >= 0.3 is 0 Å². The van der Waals surface area contributed by atoms with Crippen LogP contribution in [0.4, 0.5) is 0 Å². The number of halogens is 1. The molecule has 17 heavy (non-hydrogen) atoms. The van der Waals surface area contributed by atoms with E-state index in [1.807, 2.05) is 6.07 Å². The Labute approximate surface area is 108 Å². The SMILES string of the molecule is Brc1cccc2c1CCC2NCc1ccon1. The Morgan fingerprint density at radius 3 is 3.18 bits per heavy atom. The smallest absolute Gasteiger partial charge is 0.124 e. The second-order valence-corrected chi connectivity index (χ2v) is 5.12. The zero-order valence-electron chi connectivity index (χ0n) is 9.32. The molecule has 1 unspecified atom stereocenters. The lowest BCUT2D eigenvalue weighted by Gasteiger charge is -2.12. The van der Waals surface area contributed by atoms with Gasteiger partial charge in [0, 0.05) is 23.1 Å². The molecule has 2 aromatic rings. The molecule has 0 bridgehead atoms. The molecule has 1 aliphatic rings. The molecule has 1 atom stereocenters. The first-order valence-electron chi connectivity index (χ1n) is 5.74. The van der Waals surface area contributed by atoms with Gasteiger partial charge in [0.1, 0.15) is 6.26 Å². The van der Waals surface area contributed by atoms with Crippen LogP contribution in [0.2, 0.25) is 0 Å². The molecule has 0 radical (unpaired) electrons.